The van der Waals surface area contributed by atoms with Crippen LogP contribution in [0.1, 0.15) is 23.6 Å². The van der Waals surface area contributed by atoms with E-state index in [1.54, 1.807) is 11.1 Å². The Morgan fingerprint density at radius 2 is 1.76 bits per heavy atom. The average molecular weight is 237 g/mol. The third-order valence-electron chi connectivity index (χ3n) is 3.71. The van der Waals surface area contributed by atoms with Crippen LogP contribution >= 0.6 is 0 Å². The van der Waals surface area contributed by atoms with Crippen LogP contribution in [-0.2, 0) is 0 Å². The van der Waals surface area contributed by atoms with E-state index in [-0.39, 0.29) is 8.80 Å². The number of hydrogen-bond donors (Lipinski definition) is 0. The standard InChI is InChI=1S/C16H17Si/c1-11-10-13-9-8-12-6-4-5-7-14(12)15(13)16(11)17(2)3/h4-10,16H,1-3H3. The van der Waals surface area contributed by atoms with Crippen molar-refractivity contribution in [2.45, 2.75) is 25.6 Å². The van der Waals surface area contributed by atoms with Crippen LogP contribution in [-0.4, -0.2) is 8.80 Å². The van der Waals surface area contributed by atoms with Gasteiger partial charge in [-0.05, 0) is 34.4 Å². The topological polar surface area (TPSA) is 0 Å². The summed E-state index contributed by atoms with van der Waals surface area (Å²) in [6.07, 6.45) is 2.38. The lowest BCUT2D eigenvalue weighted by Crippen LogP contribution is -2.15. The second-order valence-electron chi connectivity index (χ2n) is 5.19. The third-order valence-corrected chi connectivity index (χ3v) is 5.61. The summed E-state index contributed by atoms with van der Waals surface area (Å²) >= 11 is 0. The Morgan fingerprint density at radius 3 is 2.53 bits per heavy atom. The molecule has 0 aliphatic heterocycles. The van der Waals surface area contributed by atoms with Crippen LogP contribution in [0.3, 0.4) is 0 Å². The molecule has 1 unspecified atom stereocenters. The molecule has 1 aliphatic carbocycles. The Morgan fingerprint density at radius 1 is 1.00 bits per heavy atom. The van der Waals surface area contributed by atoms with Gasteiger partial charge in [0, 0.05) is 0 Å². The molecule has 2 aromatic carbocycles. The van der Waals surface area contributed by atoms with Crippen molar-refractivity contribution in [2.75, 3.05) is 0 Å². The van der Waals surface area contributed by atoms with E-state index in [0.717, 1.165) is 0 Å². The van der Waals surface area contributed by atoms with E-state index in [0.29, 0.717) is 5.54 Å². The molecule has 0 heterocycles. The van der Waals surface area contributed by atoms with Crippen LogP contribution in [0.5, 0.6) is 0 Å². The monoisotopic (exact) mass is 237 g/mol. The van der Waals surface area contributed by atoms with E-state index in [9.17, 15) is 0 Å². The van der Waals surface area contributed by atoms with Crippen molar-refractivity contribution >= 4 is 25.6 Å². The molecular weight excluding hydrogens is 220 g/mol. The van der Waals surface area contributed by atoms with Gasteiger partial charge in [0.1, 0.15) is 0 Å². The van der Waals surface area contributed by atoms with Crippen LogP contribution in [0.15, 0.2) is 42.0 Å². The van der Waals surface area contributed by atoms with E-state index >= 15 is 0 Å². The van der Waals surface area contributed by atoms with Gasteiger partial charge in [0.25, 0.3) is 0 Å². The fourth-order valence-corrected chi connectivity index (χ4v) is 4.95. The Balaban J connectivity index is 2.32. The number of rotatable bonds is 1. The third kappa shape index (κ3) is 1.57. The van der Waals surface area contributed by atoms with E-state index in [2.05, 4.69) is 62.5 Å². The maximum absolute atomic E-state index is 2.42. The Hall–Kier alpha value is -1.34. The predicted molar refractivity (Wildman–Crippen MR) is 77.8 cm³/mol. The van der Waals surface area contributed by atoms with Crippen LogP contribution in [0.2, 0.25) is 13.1 Å². The SMILES string of the molecule is CC1=Cc2ccc3ccccc3c2C1[Si](C)C. The van der Waals surface area contributed by atoms with E-state index in [1.165, 1.54) is 16.3 Å². The van der Waals surface area contributed by atoms with E-state index in [1.807, 2.05) is 0 Å². The smallest absolute Gasteiger partial charge is 0.0552 e. The molecule has 0 amide bonds. The lowest BCUT2D eigenvalue weighted by molar-refractivity contribution is 1.12. The van der Waals surface area contributed by atoms with Crippen LogP contribution < -0.4 is 0 Å². The molecule has 1 atom stereocenters. The molecule has 85 valence electrons. The van der Waals surface area contributed by atoms with Crippen molar-refractivity contribution in [1.82, 2.24) is 0 Å². The molecule has 3 rings (SSSR count). The van der Waals surface area contributed by atoms with Crippen molar-refractivity contribution in [1.29, 1.82) is 0 Å². The van der Waals surface area contributed by atoms with Gasteiger partial charge in [0.15, 0.2) is 0 Å². The minimum absolute atomic E-state index is 0.331. The fraction of sp³-hybridized carbons (Fsp3) is 0.250. The quantitative estimate of drug-likeness (QED) is 0.634. The Bertz CT molecular complexity index is 608. The molecule has 0 bridgehead atoms. The van der Waals surface area contributed by atoms with Gasteiger partial charge in [-0.3, -0.25) is 0 Å². The van der Waals surface area contributed by atoms with Gasteiger partial charge in [-0.25, -0.2) is 0 Å². The summed E-state index contributed by atoms with van der Waals surface area (Å²) in [4.78, 5) is 0. The molecule has 0 saturated carbocycles. The van der Waals surface area contributed by atoms with Gasteiger partial charge in [0.2, 0.25) is 0 Å². The molecule has 1 heteroatoms. The second kappa shape index (κ2) is 3.85. The molecule has 1 radical (unpaired) electrons. The summed E-state index contributed by atoms with van der Waals surface area (Å²) < 4.78 is 0. The zero-order valence-electron chi connectivity index (χ0n) is 10.6. The summed E-state index contributed by atoms with van der Waals surface area (Å²) in [5.41, 5.74) is 5.27. The minimum atomic E-state index is -0.331. The highest BCUT2D eigenvalue weighted by Crippen LogP contribution is 2.41. The van der Waals surface area contributed by atoms with Gasteiger partial charge in [-0.2, -0.15) is 0 Å². The molecule has 0 fully saturated rings. The van der Waals surface area contributed by atoms with Gasteiger partial charge in [-0.15, -0.1) is 0 Å². The van der Waals surface area contributed by atoms with Crippen molar-refractivity contribution in [3.05, 3.63) is 53.1 Å². The first-order valence-electron chi connectivity index (χ1n) is 6.18. The molecule has 0 N–H and O–H groups in total. The lowest BCUT2D eigenvalue weighted by atomic mass is 10.00. The molecule has 0 nitrogen and oxygen atoms in total. The highest BCUT2D eigenvalue weighted by atomic mass is 28.3. The van der Waals surface area contributed by atoms with Crippen LogP contribution in [0, 0.1) is 0 Å². The van der Waals surface area contributed by atoms with E-state index in [4.69, 9.17) is 0 Å². The lowest BCUT2D eigenvalue weighted by Gasteiger charge is -2.19. The summed E-state index contributed by atoms with van der Waals surface area (Å²) in [6, 6.07) is 13.3. The molecule has 0 aromatic heterocycles. The second-order valence-corrected chi connectivity index (χ2v) is 7.92. The predicted octanol–water partition coefficient (Wildman–Crippen LogP) is 4.63. The summed E-state index contributed by atoms with van der Waals surface area (Å²) in [6.45, 7) is 7.13. The van der Waals surface area contributed by atoms with Crippen molar-refractivity contribution < 1.29 is 0 Å². The molecular formula is C16H17Si. The summed E-state index contributed by atoms with van der Waals surface area (Å²) in [5.74, 6) is 0. The molecule has 2 aromatic rings. The molecule has 17 heavy (non-hydrogen) atoms. The molecule has 0 spiro atoms. The molecule has 1 aliphatic rings. The molecule has 0 saturated heterocycles. The first-order chi connectivity index (χ1) is 8.18. The largest absolute Gasteiger partial charge is 0.0705 e. The highest BCUT2D eigenvalue weighted by Gasteiger charge is 2.27. The Kier molecular flexibility index (Phi) is 2.44. The minimum Gasteiger partial charge on any atom is -0.0705 e. The van der Waals surface area contributed by atoms with Gasteiger partial charge < -0.3 is 0 Å². The van der Waals surface area contributed by atoms with Crippen LogP contribution in [0.4, 0.5) is 0 Å². The average Bonchev–Trinajstić information content (AvgIpc) is 2.65. The van der Waals surface area contributed by atoms with Crippen molar-refractivity contribution in [2.24, 2.45) is 0 Å². The number of hydrogen-bond acceptors (Lipinski definition) is 0. The normalized spacial score (nSPS) is 18.6. The van der Waals surface area contributed by atoms with Gasteiger partial charge in [-0.1, -0.05) is 61.1 Å². The first kappa shape index (κ1) is 10.8. The summed E-state index contributed by atoms with van der Waals surface area (Å²) in [7, 11) is -0.331. The summed E-state index contributed by atoms with van der Waals surface area (Å²) in [5, 5.41) is 2.83. The highest BCUT2D eigenvalue weighted by molar-refractivity contribution is 6.59. The zero-order valence-corrected chi connectivity index (χ0v) is 11.6. The number of benzene rings is 2. The number of fused-ring (bicyclic) bond motifs is 3. The van der Waals surface area contributed by atoms with Crippen LogP contribution in [0.25, 0.3) is 16.8 Å². The zero-order chi connectivity index (χ0) is 12.0. The van der Waals surface area contributed by atoms with Gasteiger partial charge >= 0.3 is 0 Å². The van der Waals surface area contributed by atoms with E-state index < -0.39 is 0 Å². The van der Waals surface area contributed by atoms with Crippen molar-refractivity contribution in [3.63, 3.8) is 0 Å². The fourth-order valence-electron chi connectivity index (χ4n) is 3.06. The van der Waals surface area contributed by atoms with Gasteiger partial charge in [0.05, 0.1) is 8.80 Å². The first-order valence-corrected chi connectivity index (χ1v) is 8.76. The van der Waals surface area contributed by atoms with Crippen molar-refractivity contribution in [3.8, 4) is 0 Å². The maximum atomic E-state index is 2.42. The Labute approximate surface area is 105 Å². The number of allylic oxidation sites excluding steroid dienone is 1. The maximum Gasteiger partial charge on any atom is 0.0552 e.